The molecule has 138 valence electrons. The number of hydrogen-bond acceptors (Lipinski definition) is 4. The third-order valence-electron chi connectivity index (χ3n) is 5.51. The molecule has 0 spiro atoms. The van der Waals surface area contributed by atoms with Crippen molar-refractivity contribution in [3.63, 3.8) is 0 Å². The average Bonchev–Trinajstić information content (AvgIpc) is 2.85. The molecule has 1 atom stereocenters. The van der Waals surface area contributed by atoms with Crippen molar-refractivity contribution in [3.8, 4) is 0 Å². The molecule has 2 aromatic rings. The van der Waals surface area contributed by atoms with Gasteiger partial charge in [-0.3, -0.25) is 4.90 Å². The molecule has 0 radical (unpaired) electrons. The van der Waals surface area contributed by atoms with Gasteiger partial charge >= 0.3 is 0 Å². The lowest BCUT2D eigenvalue weighted by Crippen LogP contribution is -2.34. The number of anilines is 1. The van der Waals surface area contributed by atoms with Crippen LogP contribution in [0.2, 0.25) is 0 Å². The molecule has 1 unspecified atom stereocenters. The van der Waals surface area contributed by atoms with Crippen molar-refractivity contribution in [3.05, 3.63) is 47.2 Å². The van der Waals surface area contributed by atoms with Gasteiger partial charge in [-0.1, -0.05) is 30.3 Å². The molecule has 5 nitrogen and oxygen atoms in total. The standard InChI is InChI=1S/C20H27N5S/c21-20(26)25-19-17(10-4-5-11-22-19)18(23-25)16-9-6-12-24(14-16)13-15-7-2-1-3-8-15/h1-3,7-8,16,22H,4-6,9-14H2,(H2,21,26). The number of likely N-dealkylation sites (tertiary alicyclic amines) is 1. The van der Waals surface area contributed by atoms with Crippen molar-refractivity contribution >= 4 is 23.1 Å². The number of nitrogens with zero attached hydrogens (tertiary/aromatic N) is 3. The Bertz CT molecular complexity index is 770. The number of aromatic nitrogens is 2. The van der Waals surface area contributed by atoms with Crippen LogP contribution in [0, 0.1) is 0 Å². The molecule has 1 saturated heterocycles. The summed E-state index contributed by atoms with van der Waals surface area (Å²) >= 11 is 5.24. The lowest BCUT2D eigenvalue weighted by molar-refractivity contribution is 0.198. The van der Waals surface area contributed by atoms with E-state index in [1.54, 1.807) is 4.68 Å². The van der Waals surface area contributed by atoms with Gasteiger partial charge in [0.05, 0.1) is 5.69 Å². The maximum atomic E-state index is 5.94. The Balaban J connectivity index is 1.57. The molecule has 3 heterocycles. The summed E-state index contributed by atoms with van der Waals surface area (Å²) in [6, 6.07) is 10.7. The zero-order valence-electron chi connectivity index (χ0n) is 15.2. The number of nitrogens with one attached hydrogen (secondary N) is 1. The van der Waals surface area contributed by atoms with E-state index in [2.05, 4.69) is 40.5 Å². The number of thiocarbonyl (C=S) groups is 1. The van der Waals surface area contributed by atoms with E-state index in [1.165, 1.54) is 42.5 Å². The van der Waals surface area contributed by atoms with Gasteiger partial charge in [0.1, 0.15) is 5.82 Å². The van der Waals surface area contributed by atoms with Gasteiger partial charge in [-0.2, -0.15) is 9.78 Å². The number of benzene rings is 1. The van der Waals surface area contributed by atoms with Crippen LogP contribution in [-0.2, 0) is 13.0 Å². The first-order chi connectivity index (χ1) is 12.7. The highest BCUT2D eigenvalue weighted by Gasteiger charge is 2.29. The highest BCUT2D eigenvalue weighted by Crippen LogP contribution is 2.34. The number of fused-ring (bicyclic) bond motifs is 1. The number of rotatable bonds is 3. The Labute approximate surface area is 160 Å². The fraction of sp³-hybridized carbons (Fsp3) is 0.500. The topological polar surface area (TPSA) is 59.1 Å². The van der Waals surface area contributed by atoms with Crippen molar-refractivity contribution < 1.29 is 0 Å². The number of nitrogens with two attached hydrogens (primary N) is 1. The third-order valence-corrected chi connectivity index (χ3v) is 5.68. The Hall–Kier alpha value is -1.92. The van der Waals surface area contributed by atoms with Crippen LogP contribution >= 0.6 is 12.2 Å². The van der Waals surface area contributed by atoms with Crippen LogP contribution in [-0.4, -0.2) is 39.4 Å². The molecule has 2 aliphatic heterocycles. The van der Waals surface area contributed by atoms with E-state index in [0.717, 1.165) is 38.4 Å². The van der Waals surface area contributed by atoms with Gasteiger partial charge in [0.25, 0.3) is 0 Å². The summed E-state index contributed by atoms with van der Waals surface area (Å²) in [6.07, 6.45) is 5.83. The van der Waals surface area contributed by atoms with Crippen LogP contribution in [0.1, 0.15) is 48.4 Å². The molecule has 3 N–H and O–H groups in total. The van der Waals surface area contributed by atoms with Crippen molar-refractivity contribution in [1.82, 2.24) is 14.7 Å². The summed E-state index contributed by atoms with van der Waals surface area (Å²) < 4.78 is 1.75. The van der Waals surface area contributed by atoms with Crippen molar-refractivity contribution in [2.75, 3.05) is 25.0 Å². The first-order valence-corrected chi connectivity index (χ1v) is 10.0. The summed E-state index contributed by atoms with van der Waals surface area (Å²) in [5.41, 5.74) is 9.86. The minimum absolute atomic E-state index is 0.332. The minimum atomic E-state index is 0.332. The molecule has 26 heavy (non-hydrogen) atoms. The summed E-state index contributed by atoms with van der Waals surface area (Å²) in [7, 11) is 0. The van der Waals surface area contributed by atoms with E-state index >= 15 is 0 Å². The summed E-state index contributed by atoms with van der Waals surface area (Å²) in [4.78, 5) is 2.56. The van der Waals surface area contributed by atoms with Crippen LogP contribution in [0.15, 0.2) is 30.3 Å². The van der Waals surface area contributed by atoms with Crippen LogP contribution in [0.5, 0.6) is 0 Å². The maximum Gasteiger partial charge on any atom is 0.193 e. The molecular formula is C20H27N5S. The first-order valence-electron chi connectivity index (χ1n) is 9.64. The van der Waals surface area contributed by atoms with Crippen LogP contribution in [0.25, 0.3) is 0 Å². The molecule has 1 fully saturated rings. The Kier molecular flexibility index (Phi) is 5.22. The zero-order valence-corrected chi connectivity index (χ0v) is 16.0. The average molecular weight is 370 g/mol. The second-order valence-corrected chi connectivity index (χ2v) is 7.82. The quantitative estimate of drug-likeness (QED) is 0.814. The van der Waals surface area contributed by atoms with Gasteiger partial charge in [0, 0.05) is 31.1 Å². The predicted octanol–water partition coefficient (Wildman–Crippen LogP) is 3.10. The second kappa shape index (κ2) is 7.76. The van der Waals surface area contributed by atoms with Gasteiger partial charge in [-0.15, -0.1) is 0 Å². The van der Waals surface area contributed by atoms with Gasteiger partial charge in [-0.25, -0.2) is 0 Å². The third kappa shape index (κ3) is 3.62. The molecule has 0 amide bonds. The zero-order chi connectivity index (χ0) is 17.9. The smallest absolute Gasteiger partial charge is 0.193 e. The molecule has 0 aliphatic carbocycles. The monoisotopic (exact) mass is 369 g/mol. The molecule has 6 heteroatoms. The summed E-state index contributed by atoms with van der Waals surface area (Å²) in [5.74, 6) is 1.49. The lowest BCUT2D eigenvalue weighted by atomic mass is 9.91. The molecule has 0 bridgehead atoms. The fourth-order valence-electron chi connectivity index (χ4n) is 4.28. The Morgan fingerprint density at radius 3 is 2.88 bits per heavy atom. The molecule has 4 rings (SSSR count). The second-order valence-electron chi connectivity index (χ2n) is 7.41. The van der Waals surface area contributed by atoms with Crippen molar-refractivity contribution in [1.29, 1.82) is 0 Å². The van der Waals surface area contributed by atoms with Crippen molar-refractivity contribution in [2.24, 2.45) is 5.73 Å². The van der Waals surface area contributed by atoms with Crippen molar-refractivity contribution in [2.45, 2.75) is 44.6 Å². The highest BCUT2D eigenvalue weighted by atomic mass is 32.1. The van der Waals surface area contributed by atoms with E-state index in [-0.39, 0.29) is 0 Å². The fourth-order valence-corrected chi connectivity index (χ4v) is 4.41. The molecule has 1 aromatic carbocycles. The normalized spacial score (nSPS) is 20.8. The SMILES string of the molecule is NC(=S)n1nc(C2CCCN(Cc3ccccc3)C2)c2c1NCCCC2. The molecule has 2 aliphatic rings. The summed E-state index contributed by atoms with van der Waals surface area (Å²) in [6.45, 7) is 4.18. The summed E-state index contributed by atoms with van der Waals surface area (Å²) in [5, 5.41) is 8.70. The minimum Gasteiger partial charge on any atom is -0.374 e. The van der Waals surface area contributed by atoms with Crippen LogP contribution in [0.4, 0.5) is 5.82 Å². The van der Waals surface area contributed by atoms with Crippen LogP contribution < -0.4 is 11.1 Å². The van der Waals surface area contributed by atoms with Gasteiger partial charge in [0.2, 0.25) is 0 Å². The first kappa shape index (κ1) is 17.5. The Morgan fingerprint density at radius 1 is 1.23 bits per heavy atom. The number of piperidine rings is 1. The lowest BCUT2D eigenvalue weighted by Gasteiger charge is -2.32. The predicted molar refractivity (Wildman–Crippen MR) is 110 cm³/mol. The van der Waals surface area contributed by atoms with E-state index in [9.17, 15) is 0 Å². The molecule has 1 aromatic heterocycles. The molecule has 0 saturated carbocycles. The van der Waals surface area contributed by atoms with E-state index < -0.39 is 0 Å². The largest absolute Gasteiger partial charge is 0.374 e. The van der Waals surface area contributed by atoms with E-state index in [0.29, 0.717) is 11.0 Å². The van der Waals surface area contributed by atoms with Gasteiger partial charge in [-0.05, 0) is 56.4 Å². The number of hydrogen-bond donors (Lipinski definition) is 2. The maximum absolute atomic E-state index is 5.94. The van der Waals surface area contributed by atoms with Gasteiger partial charge in [0.15, 0.2) is 5.11 Å². The highest BCUT2D eigenvalue weighted by molar-refractivity contribution is 7.80. The van der Waals surface area contributed by atoms with E-state index in [4.69, 9.17) is 23.1 Å². The van der Waals surface area contributed by atoms with E-state index in [1.807, 2.05) is 0 Å². The van der Waals surface area contributed by atoms with Gasteiger partial charge < -0.3 is 11.1 Å². The van der Waals surface area contributed by atoms with Crippen LogP contribution in [0.3, 0.4) is 0 Å². The Morgan fingerprint density at radius 2 is 2.08 bits per heavy atom. The molecular weight excluding hydrogens is 342 g/mol.